The Kier molecular flexibility index (Phi) is 7.86. The van der Waals surface area contributed by atoms with Crippen LogP contribution in [0, 0.1) is 5.92 Å². The zero-order chi connectivity index (χ0) is 17.7. The molecule has 0 unspecified atom stereocenters. The van der Waals surface area contributed by atoms with E-state index < -0.39 is 11.9 Å². The first-order valence-electron chi connectivity index (χ1n) is 7.80. The van der Waals surface area contributed by atoms with Crippen molar-refractivity contribution in [2.45, 2.75) is 25.8 Å². The minimum absolute atomic E-state index is 0. The van der Waals surface area contributed by atoms with Gasteiger partial charge in [0.05, 0.1) is 25.3 Å². The summed E-state index contributed by atoms with van der Waals surface area (Å²) in [6.45, 7) is 2.82. The molecule has 0 radical (unpaired) electrons. The number of hydrogen-bond donors (Lipinski definition) is 2. The lowest BCUT2D eigenvalue weighted by Gasteiger charge is -2.27. The molecule has 138 valence electrons. The molecule has 1 aromatic rings. The molecule has 2 N–H and O–H groups in total. The minimum Gasteiger partial charge on any atom is -0.465 e. The molecule has 0 bridgehead atoms. The number of rotatable bonds is 4. The number of esters is 2. The summed E-state index contributed by atoms with van der Waals surface area (Å²) in [6, 6.07) is 4.63. The second-order valence-electron chi connectivity index (χ2n) is 5.85. The van der Waals surface area contributed by atoms with E-state index in [0.717, 1.165) is 19.4 Å². The van der Waals surface area contributed by atoms with Gasteiger partial charge in [-0.1, -0.05) is 0 Å². The van der Waals surface area contributed by atoms with Crippen LogP contribution in [0.15, 0.2) is 18.2 Å². The summed E-state index contributed by atoms with van der Waals surface area (Å²) >= 11 is 0. The van der Waals surface area contributed by atoms with Crippen molar-refractivity contribution in [3.8, 4) is 0 Å². The van der Waals surface area contributed by atoms with Crippen molar-refractivity contribution < 1.29 is 23.9 Å². The Morgan fingerprint density at radius 2 is 1.64 bits per heavy atom. The lowest BCUT2D eigenvalue weighted by molar-refractivity contribution is -0.120. The predicted molar refractivity (Wildman–Crippen MR) is 95.2 cm³/mol. The number of ether oxygens (including phenoxy) is 2. The Morgan fingerprint density at radius 1 is 1.08 bits per heavy atom. The number of benzene rings is 1. The maximum atomic E-state index is 12.4. The van der Waals surface area contributed by atoms with Gasteiger partial charge in [-0.2, -0.15) is 0 Å². The molecule has 1 fully saturated rings. The van der Waals surface area contributed by atoms with Crippen LogP contribution in [0.5, 0.6) is 0 Å². The molecule has 0 aliphatic carbocycles. The van der Waals surface area contributed by atoms with Crippen LogP contribution in [-0.2, 0) is 14.3 Å². The van der Waals surface area contributed by atoms with Crippen LogP contribution in [-0.4, -0.2) is 44.7 Å². The van der Waals surface area contributed by atoms with E-state index in [2.05, 4.69) is 20.1 Å². The fourth-order valence-corrected chi connectivity index (χ4v) is 2.79. The third-order valence-electron chi connectivity index (χ3n) is 4.04. The molecule has 1 saturated heterocycles. The van der Waals surface area contributed by atoms with E-state index in [0.29, 0.717) is 5.69 Å². The van der Waals surface area contributed by atoms with Crippen molar-refractivity contribution in [1.82, 2.24) is 5.32 Å². The highest BCUT2D eigenvalue weighted by Gasteiger charge is 2.25. The van der Waals surface area contributed by atoms with Gasteiger partial charge in [0.2, 0.25) is 5.91 Å². The zero-order valence-corrected chi connectivity index (χ0v) is 15.3. The van der Waals surface area contributed by atoms with Gasteiger partial charge in [-0.3, -0.25) is 4.79 Å². The molecule has 0 aromatic heterocycles. The summed E-state index contributed by atoms with van der Waals surface area (Å²) in [5.41, 5.74) is 0.721. The summed E-state index contributed by atoms with van der Waals surface area (Å²) < 4.78 is 9.37. The van der Waals surface area contributed by atoms with Crippen LogP contribution in [0.2, 0.25) is 0 Å². The van der Waals surface area contributed by atoms with Gasteiger partial charge in [-0.05, 0) is 44.5 Å². The van der Waals surface area contributed by atoms with Gasteiger partial charge >= 0.3 is 11.9 Å². The lowest BCUT2D eigenvalue weighted by Crippen LogP contribution is -2.40. The first-order chi connectivity index (χ1) is 11.4. The normalized spacial score (nSPS) is 19.3. The Labute approximate surface area is 152 Å². The number of piperidine rings is 1. The molecule has 1 aromatic carbocycles. The third kappa shape index (κ3) is 5.44. The van der Waals surface area contributed by atoms with E-state index in [4.69, 9.17) is 0 Å². The molecule has 2 rings (SSSR count). The SMILES string of the molecule is COC(=O)c1cc(NC(=O)[C@H]2CCN[C@@H](C)C2)cc(C(=O)OC)c1.Cl. The van der Waals surface area contributed by atoms with Gasteiger partial charge in [0.1, 0.15) is 0 Å². The van der Waals surface area contributed by atoms with E-state index in [1.165, 1.54) is 32.4 Å². The van der Waals surface area contributed by atoms with Crippen molar-refractivity contribution in [3.63, 3.8) is 0 Å². The number of amides is 1. The Bertz CT molecular complexity index is 616. The fraction of sp³-hybridized carbons (Fsp3) is 0.471. The van der Waals surface area contributed by atoms with Crippen molar-refractivity contribution in [2.75, 3.05) is 26.1 Å². The second-order valence-corrected chi connectivity index (χ2v) is 5.85. The first kappa shape index (κ1) is 20.9. The number of carbonyl (C=O) groups excluding carboxylic acids is 3. The van der Waals surface area contributed by atoms with Gasteiger partial charge in [-0.25, -0.2) is 9.59 Å². The van der Waals surface area contributed by atoms with Gasteiger partial charge < -0.3 is 20.1 Å². The number of nitrogens with one attached hydrogen (secondary N) is 2. The number of halogens is 1. The van der Waals surface area contributed by atoms with Crippen molar-refractivity contribution in [2.24, 2.45) is 5.92 Å². The van der Waals surface area contributed by atoms with E-state index in [1.807, 2.05) is 6.92 Å². The van der Waals surface area contributed by atoms with Crippen LogP contribution >= 0.6 is 12.4 Å². The molecule has 1 amide bonds. The van der Waals surface area contributed by atoms with E-state index in [9.17, 15) is 14.4 Å². The topological polar surface area (TPSA) is 93.7 Å². The van der Waals surface area contributed by atoms with E-state index in [-0.39, 0.29) is 41.4 Å². The number of methoxy groups -OCH3 is 2. The summed E-state index contributed by atoms with van der Waals surface area (Å²) in [5, 5.41) is 6.08. The molecule has 0 spiro atoms. The quantitative estimate of drug-likeness (QED) is 0.787. The van der Waals surface area contributed by atoms with Crippen LogP contribution in [0.25, 0.3) is 0 Å². The van der Waals surface area contributed by atoms with Crippen LogP contribution in [0.1, 0.15) is 40.5 Å². The highest BCUT2D eigenvalue weighted by atomic mass is 35.5. The van der Waals surface area contributed by atoms with Crippen LogP contribution in [0.3, 0.4) is 0 Å². The molecule has 1 heterocycles. The highest BCUT2D eigenvalue weighted by molar-refractivity contribution is 5.99. The monoisotopic (exact) mass is 370 g/mol. The average Bonchev–Trinajstić information content (AvgIpc) is 2.59. The summed E-state index contributed by atoms with van der Waals surface area (Å²) in [5.74, 6) is -1.41. The smallest absolute Gasteiger partial charge is 0.337 e. The molecule has 2 atom stereocenters. The first-order valence-corrected chi connectivity index (χ1v) is 7.80. The molecule has 7 nitrogen and oxygen atoms in total. The second kappa shape index (κ2) is 9.39. The average molecular weight is 371 g/mol. The highest BCUT2D eigenvalue weighted by Crippen LogP contribution is 2.21. The van der Waals surface area contributed by atoms with E-state index in [1.54, 1.807) is 0 Å². The zero-order valence-electron chi connectivity index (χ0n) is 14.5. The van der Waals surface area contributed by atoms with Crippen LogP contribution in [0.4, 0.5) is 5.69 Å². The van der Waals surface area contributed by atoms with Gasteiger partial charge in [0.25, 0.3) is 0 Å². The number of hydrogen-bond acceptors (Lipinski definition) is 6. The molecular formula is C17H23ClN2O5. The standard InChI is InChI=1S/C17H22N2O5.ClH/c1-10-6-11(4-5-18-10)15(20)19-14-8-12(16(21)23-2)7-13(9-14)17(22)24-3;/h7-11,18H,4-6H2,1-3H3,(H,19,20);1H/t10-,11-;/m0./s1. The largest absolute Gasteiger partial charge is 0.465 e. The van der Waals surface area contributed by atoms with Crippen molar-refractivity contribution >= 4 is 35.9 Å². The summed E-state index contributed by atoms with van der Waals surface area (Å²) in [7, 11) is 2.50. The molecule has 25 heavy (non-hydrogen) atoms. The number of anilines is 1. The number of carbonyl (C=O) groups is 3. The predicted octanol–water partition coefficient (Wildman–Crippen LogP) is 2.01. The lowest BCUT2D eigenvalue weighted by atomic mass is 9.92. The Morgan fingerprint density at radius 3 is 2.12 bits per heavy atom. The fourth-order valence-electron chi connectivity index (χ4n) is 2.79. The molecular weight excluding hydrogens is 348 g/mol. The van der Waals surface area contributed by atoms with Crippen molar-refractivity contribution in [3.05, 3.63) is 29.3 Å². The summed E-state index contributed by atoms with van der Waals surface area (Å²) in [4.78, 5) is 36.0. The Balaban J connectivity index is 0.00000312. The molecule has 8 heteroatoms. The van der Waals surface area contributed by atoms with Crippen LogP contribution < -0.4 is 10.6 Å². The molecule has 1 aliphatic rings. The third-order valence-corrected chi connectivity index (χ3v) is 4.04. The van der Waals surface area contributed by atoms with Gasteiger partial charge in [0, 0.05) is 17.6 Å². The van der Waals surface area contributed by atoms with Crippen molar-refractivity contribution in [1.29, 1.82) is 0 Å². The summed E-state index contributed by atoms with van der Waals surface area (Å²) in [6.07, 6.45) is 1.49. The van der Waals surface area contributed by atoms with Gasteiger partial charge in [-0.15, -0.1) is 12.4 Å². The maximum absolute atomic E-state index is 12.4. The molecule has 1 aliphatic heterocycles. The minimum atomic E-state index is -0.591. The molecule has 0 saturated carbocycles. The maximum Gasteiger partial charge on any atom is 0.337 e. The Hall–Kier alpha value is -2.12. The van der Waals surface area contributed by atoms with E-state index >= 15 is 0 Å². The van der Waals surface area contributed by atoms with Gasteiger partial charge in [0.15, 0.2) is 0 Å².